The summed E-state index contributed by atoms with van der Waals surface area (Å²) in [5, 5.41) is 22.4. The number of anilines is 2. The van der Waals surface area contributed by atoms with E-state index in [-0.39, 0.29) is 6.61 Å². The zero-order valence-corrected chi connectivity index (χ0v) is 15.4. The molecule has 0 bridgehead atoms. The van der Waals surface area contributed by atoms with Crippen LogP contribution in [0.3, 0.4) is 0 Å². The molecule has 2 aromatic carbocycles. The van der Waals surface area contributed by atoms with Crippen LogP contribution in [0, 0.1) is 6.92 Å². The predicted octanol–water partition coefficient (Wildman–Crippen LogP) is 4.12. The number of aliphatic hydroxyl groups is 1. The van der Waals surface area contributed by atoms with Crippen molar-refractivity contribution < 1.29 is 9.84 Å². The molecule has 0 aliphatic carbocycles. The van der Waals surface area contributed by atoms with E-state index in [1.807, 2.05) is 61.5 Å². The van der Waals surface area contributed by atoms with Gasteiger partial charge in [0, 0.05) is 11.4 Å². The molecule has 7 heteroatoms. The van der Waals surface area contributed by atoms with E-state index in [2.05, 4.69) is 15.5 Å². The highest BCUT2D eigenvalue weighted by Gasteiger charge is 2.10. The number of rotatable bonds is 8. The number of nitrogens with one attached hydrogen (secondary N) is 1. The number of nitrogens with zero attached hydrogens (tertiary/aromatic N) is 2. The molecule has 0 saturated heterocycles. The lowest BCUT2D eigenvalue weighted by Gasteiger charge is -2.10. The highest BCUT2D eigenvalue weighted by Crippen LogP contribution is 2.29. The van der Waals surface area contributed by atoms with Crippen LogP contribution in [0.25, 0.3) is 0 Å². The molecule has 2 N–H and O–H groups in total. The first-order valence-electron chi connectivity index (χ1n) is 7.85. The predicted molar refractivity (Wildman–Crippen MR) is 103 cm³/mol. The fourth-order valence-corrected chi connectivity index (χ4v) is 3.77. The molecule has 0 saturated carbocycles. The average molecular weight is 374 g/mol. The molecule has 3 rings (SSSR count). The lowest BCUT2D eigenvalue weighted by Crippen LogP contribution is -2.19. The third-order valence-corrected chi connectivity index (χ3v) is 5.49. The first kappa shape index (κ1) is 17.7. The van der Waals surface area contributed by atoms with Crippen molar-refractivity contribution in [3.63, 3.8) is 0 Å². The molecule has 1 heterocycles. The summed E-state index contributed by atoms with van der Waals surface area (Å²) in [5.74, 6) is 1.26. The fraction of sp³-hybridized carbons (Fsp3) is 0.222. The van der Waals surface area contributed by atoms with Crippen LogP contribution >= 0.6 is 23.1 Å². The molecule has 1 atom stereocenters. The fourth-order valence-electron chi connectivity index (χ4n) is 2.07. The molecule has 0 aliphatic heterocycles. The standard InChI is InChI=1S/C18H19N3O2S2/c1-13-7-5-6-10-16(13)19-17-20-21-18(25-17)24-12-14(22)11-23-15-8-3-2-4-9-15/h2-10,14,22H,11-12H2,1H3,(H,19,20)/t14-/m1/s1. The largest absolute Gasteiger partial charge is 0.491 e. The van der Waals surface area contributed by atoms with Gasteiger partial charge in [-0.05, 0) is 30.7 Å². The van der Waals surface area contributed by atoms with Crippen LogP contribution in [0.5, 0.6) is 5.75 Å². The van der Waals surface area contributed by atoms with E-state index in [4.69, 9.17) is 4.74 Å². The highest BCUT2D eigenvalue weighted by molar-refractivity contribution is 8.01. The van der Waals surface area contributed by atoms with Crippen molar-refractivity contribution in [2.75, 3.05) is 17.7 Å². The molecule has 0 spiro atoms. The van der Waals surface area contributed by atoms with Gasteiger partial charge in [-0.2, -0.15) is 0 Å². The van der Waals surface area contributed by atoms with Gasteiger partial charge in [0.2, 0.25) is 5.13 Å². The summed E-state index contributed by atoms with van der Waals surface area (Å²) >= 11 is 2.94. The Balaban J connectivity index is 1.46. The summed E-state index contributed by atoms with van der Waals surface area (Å²) in [6, 6.07) is 17.5. The van der Waals surface area contributed by atoms with Gasteiger partial charge in [0.25, 0.3) is 0 Å². The zero-order valence-electron chi connectivity index (χ0n) is 13.8. The Morgan fingerprint density at radius 2 is 1.88 bits per heavy atom. The number of aromatic nitrogens is 2. The second-order valence-corrected chi connectivity index (χ2v) is 7.65. The van der Waals surface area contributed by atoms with E-state index in [1.165, 1.54) is 23.1 Å². The second kappa shape index (κ2) is 8.84. The summed E-state index contributed by atoms with van der Waals surface area (Å²) in [4.78, 5) is 0. The normalized spacial score (nSPS) is 11.9. The Labute approximate surface area is 155 Å². The molecular weight excluding hydrogens is 354 g/mol. The van der Waals surface area contributed by atoms with Gasteiger partial charge < -0.3 is 15.2 Å². The van der Waals surface area contributed by atoms with E-state index in [1.54, 1.807) is 0 Å². The lowest BCUT2D eigenvalue weighted by molar-refractivity contribution is 0.126. The van der Waals surface area contributed by atoms with Gasteiger partial charge in [-0.25, -0.2) is 0 Å². The van der Waals surface area contributed by atoms with Gasteiger partial charge >= 0.3 is 0 Å². The van der Waals surface area contributed by atoms with Crippen molar-refractivity contribution in [3.05, 3.63) is 60.2 Å². The van der Waals surface area contributed by atoms with Crippen molar-refractivity contribution in [1.29, 1.82) is 0 Å². The first-order chi connectivity index (χ1) is 12.2. The van der Waals surface area contributed by atoms with Gasteiger partial charge in [-0.15, -0.1) is 10.2 Å². The lowest BCUT2D eigenvalue weighted by atomic mass is 10.2. The Bertz CT molecular complexity index is 796. The molecule has 0 radical (unpaired) electrons. The molecule has 0 fully saturated rings. The van der Waals surface area contributed by atoms with Crippen LogP contribution < -0.4 is 10.1 Å². The van der Waals surface area contributed by atoms with E-state index in [0.29, 0.717) is 5.75 Å². The second-order valence-electron chi connectivity index (χ2n) is 5.40. The molecule has 5 nitrogen and oxygen atoms in total. The van der Waals surface area contributed by atoms with Crippen LogP contribution in [-0.2, 0) is 0 Å². The molecule has 130 valence electrons. The average Bonchev–Trinajstić information content (AvgIpc) is 3.08. The quantitative estimate of drug-likeness (QED) is 0.579. The molecular formula is C18H19N3O2S2. The van der Waals surface area contributed by atoms with Crippen LogP contribution in [-0.4, -0.2) is 33.8 Å². The van der Waals surface area contributed by atoms with Gasteiger partial charge in [-0.1, -0.05) is 59.5 Å². The summed E-state index contributed by atoms with van der Waals surface area (Å²) in [7, 11) is 0. The topological polar surface area (TPSA) is 67.3 Å². The molecule has 0 amide bonds. The Kier molecular flexibility index (Phi) is 6.27. The van der Waals surface area contributed by atoms with Crippen LogP contribution in [0.1, 0.15) is 5.56 Å². The number of aliphatic hydroxyl groups excluding tert-OH is 1. The van der Waals surface area contributed by atoms with E-state index in [0.717, 1.165) is 26.5 Å². The van der Waals surface area contributed by atoms with Crippen molar-refractivity contribution in [2.24, 2.45) is 0 Å². The minimum atomic E-state index is -0.568. The van der Waals surface area contributed by atoms with Gasteiger partial charge in [0.15, 0.2) is 4.34 Å². The number of hydrogen-bond acceptors (Lipinski definition) is 7. The van der Waals surface area contributed by atoms with Crippen LogP contribution in [0.4, 0.5) is 10.8 Å². The summed E-state index contributed by atoms with van der Waals surface area (Å²) in [6.45, 7) is 2.30. The Morgan fingerprint density at radius 1 is 1.12 bits per heavy atom. The third kappa shape index (κ3) is 5.45. The first-order valence-corrected chi connectivity index (χ1v) is 9.66. The maximum absolute atomic E-state index is 10.0. The highest BCUT2D eigenvalue weighted by atomic mass is 32.2. The van der Waals surface area contributed by atoms with E-state index >= 15 is 0 Å². The number of aryl methyl sites for hydroxylation is 1. The van der Waals surface area contributed by atoms with Crippen LogP contribution in [0.15, 0.2) is 58.9 Å². The monoisotopic (exact) mass is 373 g/mol. The van der Waals surface area contributed by atoms with Crippen molar-refractivity contribution in [1.82, 2.24) is 10.2 Å². The maximum Gasteiger partial charge on any atom is 0.210 e. The molecule has 0 aliphatic rings. The molecule has 0 unspecified atom stereocenters. The number of para-hydroxylation sites is 2. The van der Waals surface area contributed by atoms with Crippen LogP contribution in [0.2, 0.25) is 0 Å². The summed E-state index contributed by atoms with van der Waals surface area (Å²) in [6.07, 6.45) is -0.568. The van der Waals surface area contributed by atoms with Gasteiger partial charge in [0.05, 0.1) is 6.10 Å². The van der Waals surface area contributed by atoms with Gasteiger partial charge in [0.1, 0.15) is 12.4 Å². The number of ether oxygens (including phenoxy) is 1. The number of benzene rings is 2. The SMILES string of the molecule is Cc1ccccc1Nc1nnc(SC[C@H](O)COc2ccccc2)s1. The summed E-state index contributed by atoms with van der Waals surface area (Å²) in [5.41, 5.74) is 2.17. The number of thioether (sulfide) groups is 1. The van der Waals surface area contributed by atoms with E-state index in [9.17, 15) is 5.11 Å². The Morgan fingerprint density at radius 3 is 2.68 bits per heavy atom. The third-order valence-electron chi connectivity index (χ3n) is 3.38. The molecule has 3 aromatic rings. The number of hydrogen-bond donors (Lipinski definition) is 2. The zero-order chi connectivity index (χ0) is 17.5. The van der Waals surface area contributed by atoms with Crippen molar-refractivity contribution >= 4 is 33.9 Å². The van der Waals surface area contributed by atoms with Crippen molar-refractivity contribution in [2.45, 2.75) is 17.4 Å². The summed E-state index contributed by atoms with van der Waals surface area (Å²) < 4.78 is 6.36. The maximum atomic E-state index is 10.0. The van der Waals surface area contributed by atoms with E-state index < -0.39 is 6.10 Å². The van der Waals surface area contributed by atoms with Gasteiger partial charge in [-0.3, -0.25) is 0 Å². The smallest absolute Gasteiger partial charge is 0.210 e. The minimum Gasteiger partial charge on any atom is -0.491 e. The molecule has 25 heavy (non-hydrogen) atoms. The Hall–Kier alpha value is -2.09. The minimum absolute atomic E-state index is 0.254. The molecule has 1 aromatic heterocycles. The van der Waals surface area contributed by atoms with Crippen molar-refractivity contribution in [3.8, 4) is 5.75 Å².